The smallest absolute Gasteiger partial charge is 0.127 e. The molecule has 4 heterocycles. The number of nitrogens with one attached hydrogen (secondary N) is 3. The van der Waals surface area contributed by atoms with Gasteiger partial charge in [0.05, 0.1) is 12.3 Å². The summed E-state index contributed by atoms with van der Waals surface area (Å²) in [6, 6.07) is 10.8. The molecular weight excluding hydrogens is 376 g/mol. The van der Waals surface area contributed by atoms with Crippen molar-refractivity contribution in [3.63, 3.8) is 0 Å². The van der Waals surface area contributed by atoms with E-state index in [1.807, 2.05) is 19.3 Å². The van der Waals surface area contributed by atoms with Gasteiger partial charge in [-0.15, -0.1) is 0 Å². The summed E-state index contributed by atoms with van der Waals surface area (Å²) in [5.74, 6) is 0.909. The third kappa shape index (κ3) is 3.91. The second-order valence-corrected chi connectivity index (χ2v) is 8.26. The maximum atomic E-state index is 5.48. The molecule has 0 spiro atoms. The van der Waals surface area contributed by atoms with Crippen LogP contribution in [0.2, 0.25) is 0 Å². The largest absolute Gasteiger partial charge is 0.380 e. The number of aromatic nitrogens is 3. The van der Waals surface area contributed by atoms with E-state index in [9.17, 15) is 0 Å². The Morgan fingerprint density at radius 2 is 2.20 bits per heavy atom. The highest BCUT2D eigenvalue weighted by Gasteiger charge is 2.23. The van der Waals surface area contributed by atoms with Crippen molar-refractivity contribution in [1.82, 2.24) is 20.1 Å². The van der Waals surface area contributed by atoms with Crippen LogP contribution < -0.4 is 10.6 Å². The lowest BCUT2D eigenvalue weighted by Gasteiger charge is -2.18. The zero-order chi connectivity index (χ0) is 20.5. The van der Waals surface area contributed by atoms with E-state index in [1.54, 1.807) is 7.11 Å². The fraction of sp³-hybridized carbons (Fsp3) is 0.391. The fourth-order valence-electron chi connectivity index (χ4n) is 4.48. The highest BCUT2D eigenvalue weighted by Crippen LogP contribution is 2.32. The molecule has 0 bridgehead atoms. The van der Waals surface area contributed by atoms with Gasteiger partial charge in [-0.2, -0.15) is 5.10 Å². The van der Waals surface area contributed by atoms with Gasteiger partial charge in [0.25, 0.3) is 0 Å². The first-order chi connectivity index (χ1) is 14.7. The average Bonchev–Trinajstić information content (AvgIpc) is 3.47. The van der Waals surface area contributed by atoms with Gasteiger partial charge in [-0.3, -0.25) is 10.00 Å². The molecular formula is C23H28N6O. The summed E-state index contributed by atoms with van der Waals surface area (Å²) in [7, 11) is 1.80. The zero-order valence-corrected chi connectivity index (χ0v) is 17.5. The van der Waals surface area contributed by atoms with Gasteiger partial charge in [-0.05, 0) is 54.3 Å². The molecule has 1 saturated heterocycles. The lowest BCUT2D eigenvalue weighted by molar-refractivity contribution is 0.107. The van der Waals surface area contributed by atoms with Crippen molar-refractivity contribution in [2.75, 3.05) is 30.8 Å². The topological polar surface area (TPSA) is 78.1 Å². The van der Waals surface area contributed by atoms with Crippen molar-refractivity contribution < 1.29 is 4.74 Å². The van der Waals surface area contributed by atoms with Crippen molar-refractivity contribution in [3.05, 3.63) is 59.5 Å². The highest BCUT2D eigenvalue weighted by molar-refractivity contribution is 5.71. The van der Waals surface area contributed by atoms with Crippen LogP contribution in [0.1, 0.15) is 23.2 Å². The number of ether oxygens (including phenoxy) is 1. The quantitative estimate of drug-likeness (QED) is 0.584. The van der Waals surface area contributed by atoms with Crippen LogP contribution in [0.15, 0.2) is 42.7 Å². The second kappa shape index (κ2) is 8.08. The number of benzene rings is 1. The molecule has 1 fully saturated rings. The predicted molar refractivity (Wildman–Crippen MR) is 118 cm³/mol. The van der Waals surface area contributed by atoms with Crippen LogP contribution in [0.4, 0.5) is 11.5 Å². The van der Waals surface area contributed by atoms with Crippen molar-refractivity contribution in [3.8, 4) is 11.1 Å². The summed E-state index contributed by atoms with van der Waals surface area (Å²) >= 11 is 0. The Morgan fingerprint density at radius 3 is 3.00 bits per heavy atom. The van der Waals surface area contributed by atoms with Crippen molar-refractivity contribution >= 4 is 11.5 Å². The molecule has 1 unspecified atom stereocenters. The molecule has 1 aromatic carbocycles. The van der Waals surface area contributed by atoms with Crippen LogP contribution in [-0.2, 0) is 17.7 Å². The van der Waals surface area contributed by atoms with Crippen LogP contribution >= 0.6 is 0 Å². The molecule has 7 nitrogen and oxygen atoms in total. The van der Waals surface area contributed by atoms with E-state index in [1.165, 1.54) is 22.4 Å². The number of anilines is 2. The Hall–Kier alpha value is -2.90. The summed E-state index contributed by atoms with van der Waals surface area (Å²) in [5, 5.41) is 14.3. The van der Waals surface area contributed by atoms with E-state index in [-0.39, 0.29) is 6.17 Å². The van der Waals surface area contributed by atoms with E-state index in [2.05, 4.69) is 61.0 Å². The average molecular weight is 405 g/mol. The molecule has 0 amide bonds. The second-order valence-electron chi connectivity index (χ2n) is 8.26. The summed E-state index contributed by atoms with van der Waals surface area (Å²) in [5.41, 5.74) is 7.20. The third-order valence-corrected chi connectivity index (χ3v) is 6.12. The van der Waals surface area contributed by atoms with Gasteiger partial charge in [-0.1, -0.05) is 6.07 Å². The molecule has 30 heavy (non-hydrogen) atoms. The van der Waals surface area contributed by atoms with Crippen molar-refractivity contribution in [2.24, 2.45) is 0 Å². The molecule has 0 aliphatic carbocycles. The lowest BCUT2D eigenvalue weighted by Crippen LogP contribution is -2.26. The monoisotopic (exact) mass is 404 g/mol. The summed E-state index contributed by atoms with van der Waals surface area (Å²) in [4.78, 5) is 6.98. The molecule has 3 N–H and O–H groups in total. The Labute approximate surface area is 176 Å². The number of hydrogen-bond donors (Lipinski definition) is 3. The number of H-pyrrole nitrogens is 1. The number of nitrogens with zero attached hydrogens (tertiary/aromatic N) is 3. The van der Waals surface area contributed by atoms with Crippen LogP contribution in [-0.4, -0.2) is 52.6 Å². The molecule has 5 rings (SSSR count). The number of aromatic amines is 1. The standard InChI is InChI=1S/C23H28N6O/c1-15-20(12-25-28-15)17-3-4-21-18(10-17)11-23(26-21)27-22-9-16(5-7-24-22)13-29-8-6-19(14-29)30-2/h3-5,7,9-10,12,19,23,26H,6,8,11,13-14H2,1-2H3,(H,24,27)(H,25,28)/t19-,23?/m0/s1. The van der Waals surface area contributed by atoms with Gasteiger partial charge in [0, 0.05) is 56.3 Å². The molecule has 3 aromatic rings. The number of aryl methyl sites for hydroxylation is 1. The Kier molecular flexibility index (Phi) is 5.14. The Bertz CT molecular complexity index is 1030. The number of pyridine rings is 1. The minimum absolute atomic E-state index is 0.133. The van der Waals surface area contributed by atoms with Crippen LogP contribution in [0.5, 0.6) is 0 Å². The van der Waals surface area contributed by atoms with Gasteiger partial charge >= 0.3 is 0 Å². The number of rotatable bonds is 6. The maximum absolute atomic E-state index is 5.48. The van der Waals surface area contributed by atoms with E-state index < -0.39 is 0 Å². The molecule has 156 valence electrons. The Balaban J connectivity index is 1.24. The molecule has 2 aliphatic heterocycles. The summed E-state index contributed by atoms with van der Waals surface area (Å²) < 4.78 is 5.48. The first kappa shape index (κ1) is 19.1. The van der Waals surface area contributed by atoms with Gasteiger partial charge in [0.2, 0.25) is 0 Å². The molecule has 2 aliphatic rings. The predicted octanol–water partition coefficient (Wildman–Crippen LogP) is 3.41. The normalized spacial score (nSPS) is 20.9. The van der Waals surface area contributed by atoms with Gasteiger partial charge in [-0.25, -0.2) is 4.98 Å². The highest BCUT2D eigenvalue weighted by atomic mass is 16.5. The van der Waals surface area contributed by atoms with Crippen LogP contribution in [0.25, 0.3) is 11.1 Å². The molecule has 2 aromatic heterocycles. The minimum atomic E-state index is 0.133. The summed E-state index contributed by atoms with van der Waals surface area (Å²) in [6.07, 6.45) is 6.29. The number of likely N-dealkylation sites (tertiary alicyclic amines) is 1. The van der Waals surface area contributed by atoms with Gasteiger partial charge < -0.3 is 15.4 Å². The van der Waals surface area contributed by atoms with Gasteiger partial charge in [0.1, 0.15) is 12.0 Å². The first-order valence-corrected chi connectivity index (χ1v) is 10.5. The number of hydrogen-bond acceptors (Lipinski definition) is 6. The van der Waals surface area contributed by atoms with E-state index in [0.717, 1.165) is 49.6 Å². The van der Waals surface area contributed by atoms with E-state index in [4.69, 9.17) is 4.74 Å². The van der Waals surface area contributed by atoms with Gasteiger partial charge in [0.15, 0.2) is 0 Å². The van der Waals surface area contributed by atoms with Crippen molar-refractivity contribution in [1.29, 1.82) is 0 Å². The van der Waals surface area contributed by atoms with E-state index >= 15 is 0 Å². The molecule has 0 radical (unpaired) electrons. The molecule has 2 atom stereocenters. The Morgan fingerprint density at radius 1 is 1.27 bits per heavy atom. The minimum Gasteiger partial charge on any atom is -0.380 e. The first-order valence-electron chi connectivity index (χ1n) is 10.5. The van der Waals surface area contributed by atoms with Crippen molar-refractivity contribution in [2.45, 2.75) is 38.6 Å². The van der Waals surface area contributed by atoms with Crippen LogP contribution in [0, 0.1) is 6.92 Å². The number of methoxy groups -OCH3 is 1. The molecule has 0 saturated carbocycles. The maximum Gasteiger partial charge on any atom is 0.127 e. The third-order valence-electron chi connectivity index (χ3n) is 6.12. The molecule has 7 heteroatoms. The number of fused-ring (bicyclic) bond motifs is 1. The zero-order valence-electron chi connectivity index (χ0n) is 17.5. The van der Waals surface area contributed by atoms with Crippen LogP contribution in [0.3, 0.4) is 0 Å². The lowest BCUT2D eigenvalue weighted by atomic mass is 10.0. The SMILES string of the molecule is CO[C@H]1CCN(Cc2ccnc(NC3Cc4cc(-c5cn[nH]c5C)ccc4N3)c2)C1. The fourth-order valence-corrected chi connectivity index (χ4v) is 4.48. The van der Waals surface area contributed by atoms with E-state index in [0.29, 0.717) is 6.10 Å². The summed E-state index contributed by atoms with van der Waals surface area (Å²) in [6.45, 7) is 5.07.